The van der Waals surface area contributed by atoms with Crippen LogP contribution in [0.15, 0.2) is 71.3 Å². The minimum Gasteiger partial charge on any atom is -0.507 e. The zero-order chi connectivity index (χ0) is 23.1. The van der Waals surface area contributed by atoms with Crippen molar-refractivity contribution in [2.75, 3.05) is 0 Å². The first-order chi connectivity index (χ1) is 15.0. The second kappa shape index (κ2) is 7.70. The lowest BCUT2D eigenvalue weighted by molar-refractivity contribution is -0.139. The van der Waals surface area contributed by atoms with Crippen LogP contribution in [0.1, 0.15) is 11.1 Å². The molecule has 0 spiro atoms. The van der Waals surface area contributed by atoms with Crippen molar-refractivity contribution in [3.63, 3.8) is 0 Å². The lowest BCUT2D eigenvalue weighted by atomic mass is 9.97. The summed E-state index contributed by atoms with van der Waals surface area (Å²) < 4.78 is 85.1. The van der Waals surface area contributed by atoms with Crippen molar-refractivity contribution >= 4 is 0 Å². The van der Waals surface area contributed by atoms with Gasteiger partial charge in [-0.05, 0) is 35.4 Å². The fourth-order valence-corrected chi connectivity index (χ4v) is 3.14. The Bertz CT molecular complexity index is 1260. The monoisotopic (exact) mass is 450 g/mol. The summed E-state index contributed by atoms with van der Waals surface area (Å²) in [7, 11) is 0. The van der Waals surface area contributed by atoms with Crippen LogP contribution in [0.3, 0.4) is 0 Å². The summed E-state index contributed by atoms with van der Waals surface area (Å²) in [5, 5.41) is 13.0. The molecule has 0 saturated heterocycles. The third-order valence-electron chi connectivity index (χ3n) is 4.64. The molecular weight excluding hydrogens is 438 g/mol. The molecule has 164 valence electrons. The van der Waals surface area contributed by atoms with Gasteiger partial charge in [0, 0.05) is 11.1 Å². The lowest BCUT2D eigenvalue weighted by Gasteiger charge is -2.14. The van der Waals surface area contributed by atoms with E-state index in [2.05, 4.69) is 10.1 Å². The van der Waals surface area contributed by atoms with Gasteiger partial charge in [0.1, 0.15) is 5.75 Å². The van der Waals surface area contributed by atoms with Gasteiger partial charge in [0.05, 0.1) is 11.1 Å². The second-order valence-electron chi connectivity index (χ2n) is 6.78. The lowest BCUT2D eigenvalue weighted by Crippen LogP contribution is -2.07. The van der Waals surface area contributed by atoms with Gasteiger partial charge in [-0.2, -0.15) is 31.3 Å². The number of aromatic nitrogens is 2. The van der Waals surface area contributed by atoms with E-state index in [-0.39, 0.29) is 28.4 Å². The summed E-state index contributed by atoms with van der Waals surface area (Å²) in [4.78, 5) is 3.94. The molecule has 0 radical (unpaired) electrons. The zero-order valence-corrected chi connectivity index (χ0v) is 15.9. The van der Waals surface area contributed by atoms with Crippen molar-refractivity contribution < 1.29 is 36.0 Å². The molecule has 0 saturated carbocycles. The molecule has 32 heavy (non-hydrogen) atoms. The van der Waals surface area contributed by atoms with Crippen molar-refractivity contribution in [2.24, 2.45) is 0 Å². The molecule has 4 aromatic rings. The number of nitrogens with zero attached hydrogens (tertiary/aromatic N) is 2. The van der Waals surface area contributed by atoms with E-state index >= 15 is 0 Å². The first kappa shape index (κ1) is 21.4. The molecule has 0 aliphatic rings. The molecule has 1 aromatic heterocycles. The molecule has 0 aliphatic heterocycles. The highest BCUT2D eigenvalue weighted by atomic mass is 19.4. The molecule has 10 heteroatoms. The second-order valence-corrected chi connectivity index (χ2v) is 6.78. The topological polar surface area (TPSA) is 59.2 Å². The summed E-state index contributed by atoms with van der Waals surface area (Å²) in [6, 6.07) is 14.0. The van der Waals surface area contributed by atoms with Crippen molar-refractivity contribution in [3.8, 4) is 39.7 Å². The number of phenols is 1. The van der Waals surface area contributed by atoms with Gasteiger partial charge < -0.3 is 9.63 Å². The Balaban J connectivity index is 1.75. The predicted octanol–water partition coefficient (Wildman–Crippen LogP) is 6.81. The average molecular weight is 450 g/mol. The maximum atomic E-state index is 13.7. The Morgan fingerprint density at radius 2 is 1.31 bits per heavy atom. The largest absolute Gasteiger partial charge is 0.507 e. The molecule has 3 aromatic carbocycles. The minimum absolute atomic E-state index is 0.0261. The van der Waals surface area contributed by atoms with Crippen LogP contribution in [-0.4, -0.2) is 15.2 Å². The fourth-order valence-electron chi connectivity index (χ4n) is 3.14. The van der Waals surface area contributed by atoms with E-state index in [0.717, 1.165) is 18.2 Å². The van der Waals surface area contributed by atoms with E-state index in [1.807, 2.05) is 0 Å². The molecule has 0 fully saturated rings. The van der Waals surface area contributed by atoms with E-state index in [1.54, 1.807) is 30.3 Å². The third-order valence-corrected chi connectivity index (χ3v) is 4.64. The molecule has 4 rings (SSSR count). The Kier molecular flexibility index (Phi) is 5.15. The number of phenolic OH excluding ortho intramolecular Hbond substituents is 1. The van der Waals surface area contributed by atoms with Crippen molar-refractivity contribution in [1.29, 1.82) is 0 Å². The van der Waals surface area contributed by atoms with E-state index in [0.29, 0.717) is 11.6 Å². The predicted molar refractivity (Wildman–Crippen MR) is 102 cm³/mol. The van der Waals surface area contributed by atoms with Gasteiger partial charge in [0.25, 0.3) is 5.89 Å². The van der Waals surface area contributed by atoms with Gasteiger partial charge in [-0.3, -0.25) is 0 Å². The maximum absolute atomic E-state index is 13.7. The molecule has 0 amide bonds. The standard InChI is InChI=1S/C22H12F6N2O2/c23-21(24,25)16-10-13(6-8-15(16)12-4-2-1-3-5-12)19-29-20(32-30-19)14-7-9-18(31)17(11-14)22(26,27)28/h1-11,31H. The van der Waals surface area contributed by atoms with Crippen LogP contribution in [0, 0.1) is 0 Å². The van der Waals surface area contributed by atoms with E-state index in [9.17, 15) is 31.4 Å². The summed E-state index contributed by atoms with van der Waals surface area (Å²) >= 11 is 0. The third kappa shape index (κ3) is 4.16. The number of hydrogen-bond acceptors (Lipinski definition) is 4. The molecule has 4 nitrogen and oxygen atoms in total. The first-order valence-electron chi connectivity index (χ1n) is 9.05. The van der Waals surface area contributed by atoms with Crippen LogP contribution in [0.25, 0.3) is 34.0 Å². The van der Waals surface area contributed by atoms with Gasteiger partial charge in [-0.25, -0.2) is 0 Å². The van der Waals surface area contributed by atoms with Crippen molar-refractivity contribution in [1.82, 2.24) is 10.1 Å². The maximum Gasteiger partial charge on any atom is 0.419 e. The van der Waals surface area contributed by atoms with Crippen LogP contribution < -0.4 is 0 Å². The summed E-state index contributed by atoms with van der Waals surface area (Å²) in [5.74, 6) is -1.55. The number of alkyl halides is 6. The highest BCUT2D eigenvalue weighted by molar-refractivity contribution is 5.73. The van der Waals surface area contributed by atoms with Gasteiger partial charge in [-0.1, -0.05) is 47.6 Å². The molecule has 0 atom stereocenters. The molecule has 1 N–H and O–H groups in total. The summed E-state index contributed by atoms with van der Waals surface area (Å²) in [6.07, 6.45) is -9.50. The highest BCUT2D eigenvalue weighted by Crippen LogP contribution is 2.40. The van der Waals surface area contributed by atoms with Crippen LogP contribution in [0.2, 0.25) is 0 Å². The summed E-state index contributed by atoms with van der Waals surface area (Å²) in [5.41, 5.74) is -2.08. The fraction of sp³-hybridized carbons (Fsp3) is 0.0909. The number of benzene rings is 3. The molecule has 0 unspecified atom stereocenters. The van der Waals surface area contributed by atoms with Crippen LogP contribution in [0.4, 0.5) is 26.3 Å². The van der Waals surface area contributed by atoms with E-state index in [4.69, 9.17) is 4.52 Å². The number of hydrogen-bond donors (Lipinski definition) is 1. The zero-order valence-electron chi connectivity index (χ0n) is 15.9. The smallest absolute Gasteiger partial charge is 0.419 e. The molecule has 1 heterocycles. The Morgan fingerprint density at radius 1 is 0.688 bits per heavy atom. The van der Waals surface area contributed by atoms with E-state index in [1.165, 1.54) is 12.1 Å². The highest BCUT2D eigenvalue weighted by Gasteiger charge is 2.35. The van der Waals surface area contributed by atoms with Gasteiger partial charge in [0.2, 0.25) is 5.82 Å². The normalized spacial score (nSPS) is 12.2. The summed E-state index contributed by atoms with van der Waals surface area (Å²) in [6.45, 7) is 0. The molecule has 0 bridgehead atoms. The van der Waals surface area contributed by atoms with Gasteiger partial charge in [-0.15, -0.1) is 0 Å². The Morgan fingerprint density at radius 3 is 1.97 bits per heavy atom. The van der Waals surface area contributed by atoms with E-state index < -0.39 is 29.2 Å². The average Bonchev–Trinajstić information content (AvgIpc) is 3.23. The van der Waals surface area contributed by atoms with Gasteiger partial charge in [0.15, 0.2) is 0 Å². The quantitative estimate of drug-likeness (QED) is 0.348. The molecule has 0 aliphatic carbocycles. The van der Waals surface area contributed by atoms with Crippen molar-refractivity contribution in [3.05, 3.63) is 77.9 Å². The Labute approximate surface area is 176 Å². The number of aromatic hydroxyl groups is 1. The van der Waals surface area contributed by atoms with Crippen LogP contribution in [0.5, 0.6) is 5.75 Å². The Hall–Kier alpha value is -3.82. The van der Waals surface area contributed by atoms with Crippen molar-refractivity contribution in [2.45, 2.75) is 12.4 Å². The number of halogens is 6. The number of rotatable bonds is 3. The van der Waals surface area contributed by atoms with Gasteiger partial charge >= 0.3 is 12.4 Å². The van der Waals surface area contributed by atoms with Crippen LogP contribution in [-0.2, 0) is 12.4 Å². The SMILES string of the molecule is Oc1ccc(-c2nc(-c3ccc(-c4ccccc4)c(C(F)(F)F)c3)no2)cc1C(F)(F)F. The first-order valence-corrected chi connectivity index (χ1v) is 9.05. The minimum atomic E-state index is -4.82. The van der Waals surface area contributed by atoms with Crippen LogP contribution >= 0.6 is 0 Å². The molecular formula is C22H12F6N2O2.